The van der Waals surface area contributed by atoms with Gasteiger partial charge in [0.15, 0.2) is 5.69 Å². The van der Waals surface area contributed by atoms with Crippen LogP contribution in [0.4, 0.5) is 13.2 Å². The highest BCUT2D eigenvalue weighted by molar-refractivity contribution is 5.17. The van der Waals surface area contributed by atoms with Crippen LogP contribution < -0.4 is 0 Å². The van der Waals surface area contributed by atoms with Crippen molar-refractivity contribution >= 4 is 0 Å². The zero-order valence-electron chi connectivity index (χ0n) is 9.16. The first kappa shape index (κ1) is 13.4. The number of aromatic nitrogens is 3. The van der Waals surface area contributed by atoms with Gasteiger partial charge in [-0.25, -0.2) is 4.68 Å². The molecule has 0 radical (unpaired) electrons. The van der Waals surface area contributed by atoms with Crippen LogP contribution in [0.25, 0.3) is 0 Å². The molecule has 0 aliphatic carbocycles. The minimum absolute atomic E-state index is 0.0567. The number of nitrogens with zero attached hydrogens (tertiary/aromatic N) is 4. The van der Waals surface area contributed by atoms with Crippen molar-refractivity contribution in [2.75, 3.05) is 13.7 Å². The quantitative estimate of drug-likeness (QED) is 0.739. The number of ether oxygens (including phenoxy) is 1. The summed E-state index contributed by atoms with van der Waals surface area (Å²) in [5.74, 6) is 0. The van der Waals surface area contributed by atoms with Crippen molar-refractivity contribution in [3.05, 3.63) is 11.4 Å². The minimum atomic E-state index is -4.55. The molecule has 94 valence electrons. The average molecular weight is 248 g/mol. The molecule has 1 aromatic heterocycles. The Bertz CT molecular complexity index is 407. The molecule has 0 saturated carbocycles. The van der Waals surface area contributed by atoms with Gasteiger partial charge in [-0.2, -0.15) is 18.4 Å². The number of hydrogen-bond acceptors (Lipinski definition) is 4. The molecule has 0 saturated heterocycles. The first-order valence-electron chi connectivity index (χ1n) is 4.86. The van der Waals surface area contributed by atoms with Gasteiger partial charge in [0.2, 0.25) is 0 Å². The Hall–Kier alpha value is -1.62. The maximum atomic E-state index is 12.7. The Balaban J connectivity index is 2.94. The van der Waals surface area contributed by atoms with E-state index in [0.29, 0.717) is 13.0 Å². The van der Waals surface area contributed by atoms with Crippen molar-refractivity contribution in [2.45, 2.75) is 25.6 Å². The van der Waals surface area contributed by atoms with Crippen LogP contribution in [0.5, 0.6) is 0 Å². The zero-order chi connectivity index (χ0) is 12.9. The SMILES string of the molecule is COCCCn1nnc(CC#N)c1C(F)(F)F. The molecule has 5 nitrogen and oxygen atoms in total. The molecule has 0 unspecified atom stereocenters. The van der Waals surface area contributed by atoms with Gasteiger partial charge in [0.1, 0.15) is 5.69 Å². The summed E-state index contributed by atoms with van der Waals surface area (Å²) < 4.78 is 43.7. The van der Waals surface area contributed by atoms with Crippen molar-refractivity contribution in [1.29, 1.82) is 5.26 Å². The number of methoxy groups -OCH3 is 1. The third kappa shape index (κ3) is 3.42. The van der Waals surface area contributed by atoms with Crippen molar-refractivity contribution in [3.8, 4) is 6.07 Å². The molecule has 0 aliphatic heterocycles. The van der Waals surface area contributed by atoms with Crippen molar-refractivity contribution in [1.82, 2.24) is 15.0 Å². The molecule has 0 aromatic carbocycles. The Morgan fingerprint density at radius 1 is 1.47 bits per heavy atom. The van der Waals surface area contributed by atoms with E-state index in [0.717, 1.165) is 4.68 Å². The molecular formula is C9H11F3N4O. The molecule has 8 heteroatoms. The van der Waals surface area contributed by atoms with Gasteiger partial charge in [0.05, 0.1) is 12.5 Å². The molecule has 17 heavy (non-hydrogen) atoms. The molecule has 0 spiro atoms. The predicted molar refractivity (Wildman–Crippen MR) is 50.8 cm³/mol. The maximum Gasteiger partial charge on any atom is 0.434 e. The first-order chi connectivity index (χ1) is 8.00. The highest BCUT2D eigenvalue weighted by atomic mass is 19.4. The fourth-order valence-corrected chi connectivity index (χ4v) is 1.37. The third-order valence-electron chi connectivity index (χ3n) is 2.04. The van der Waals surface area contributed by atoms with Gasteiger partial charge in [0, 0.05) is 20.3 Å². The van der Waals surface area contributed by atoms with Crippen LogP contribution in [0.2, 0.25) is 0 Å². The zero-order valence-corrected chi connectivity index (χ0v) is 9.16. The smallest absolute Gasteiger partial charge is 0.385 e. The van der Waals surface area contributed by atoms with Crippen molar-refractivity contribution in [2.24, 2.45) is 0 Å². The fourth-order valence-electron chi connectivity index (χ4n) is 1.37. The lowest BCUT2D eigenvalue weighted by Gasteiger charge is -2.10. The van der Waals surface area contributed by atoms with E-state index in [9.17, 15) is 13.2 Å². The van der Waals surface area contributed by atoms with Gasteiger partial charge in [-0.05, 0) is 6.42 Å². The van der Waals surface area contributed by atoms with Crippen LogP contribution in [0.1, 0.15) is 17.8 Å². The summed E-state index contributed by atoms with van der Waals surface area (Å²) in [7, 11) is 1.47. The fraction of sp³-hybridized carbons (Fsp3) is 0.667. The van der Waals surface area contributed by atoms with E-state index >= 15 is 0 Å². The van der Waals surface area contributed by atoms with E-state index in [4.69, 9.17) is 10.00 Å². The molecule has 0 amide bonds. The summed E-state index contributed by atoms with van der Waals surface area (Å²) in [6, 6.07) is 1.64. The minimum Gasteiger partial charge on any atom is -0.385 e. The first-order valence-corrected chi connectivity index (χ1v) is 4.86. The normalized spacial score (nSPS) is 11.5. The molecular weight excluding hydrogens is 237 g/mol. The van der Waals surface area contributed by atoms with Gasteiger partial charge in [-0.1, -0.05) is 5.21 Å². The van der Waals surface area contributed by atoms with Gasteiger partial charge in [0.25, 0.3) is 0 Å². The molecule has 0 atom stereocenters. The summed E-state index contributed by atoms with van der Waals surface area (Å²) in [5, 5.41) is 15.2. The van der Waals surface area contributed by atoms with Gasteiger partial charge in [-0.15, -0.1) is 5.10 Å². The number of nitriles is 1. The molecule has 0 bridgehead atoms. The van der Waals surface area contributed by atoms with Gasteiger partial charge in [-0.3, -0.25) is 0 Å². The summed E-state index contributed by atoms with van der Waals surface area (Å²) in [5.41, 5.74) is -1.28. The monoisotopic (exact) mass is 248 g/mol. The van der Waals surface area contributed by atoms with Crippen LogP contribution in [-0.2, 0) is 23.9 Å². The summed E-state index contributed by atoms with van der Waals surface area (Å²) in [6.45, 7) is 0.395. The lowest BCUT2D eigenvalue weighted by atomic mass is 10.2. The standard InChI is InChI=1S/C9H11F3N4O/c1-17-6-2-5-16-8(9(10,11)12)7(3-4-13)14-15-16/h2-3,5-6H2,1H3. The van der Waals surface area contributed by atoms with E-state index in [1.165, 1.54) is 7.11 Å². The van der Waals surface area contributed by atoms with E-state index in [1.807, 2.05) is 0 Å². The van der Waals surface area contributed by atoms with Crippen LogP contribution >= 0.6 is 0 Å². The topological polar surface area (TPSA) is 63.7 Å². The van der Waals surface area contributed by atoms with Gasteiger partial charge >= 0.3 is 6.18 Å². The van der Waals surface area contributed by atoms with E-state index in [2.05, 4.69) is 10.3 Å². The number of alkyl halides is 3. The van der Waals surface area contributed by atoms with Crippen LogP contribution in [0.15, 0.2) is 0 Å². The van der Waals surface area contributed by atoms with Gasteiger partial charge < -0.3 is 4.74 Å². The van der Waals surface area contributed by atoms with E-state index in [1.54, 1.807) is 6.07 Å². The number of rotatable bonds is 5. The molecule has 0 N–H and O–H groups in total. The Morgan fingerprint density at radius 3 is 2.71 bits per heavy atom. The number of halogens is 3. The highest BCUT2D eigenvalue weighted by Crippen LogP contribution is 2.31. The van der Waals surface area contributed by atoms with E-state index in [-0.39, 0.29) is 12.2 Å². The van der Waals surface area contributed by atoms with Crippen LogP contribution in [0, 0.1) is 11.3 Å². The molecule has 0 fully saturated rings. The number of aryl methyl sites for hydroxylation is 1. The Kier molecular flexibility index (Phi) is 4.45. The summed E-state index contributed by atoms with van der Waals surface area (Å²) in [4.78, 5) is 0. The molecule has 1 aromatic rings. The second-order valence-electron chi connectivity index (χ2n) is 3.29. The van der Waals surface area contributed by atoms with E-state index < -0.39 is 18.3 Å². The number of hydrogen-bond donors (Lipinski definition) is 0. The van der Waals surface area contributed by atoms with Crippen LogP contribution in [0.3, 0.4) is 0 Å². The maximum absolute atomic E-state index is 12.7. The molecule has 0 aliphatic rings. The summed E-state index contributed by atoms with van der Waals surface area (Å²) in [6.07, 6.45) is -4.56. The van der Waals surface area contributed by atoms with Crippen molar-refractivity contribution in [3.63, 3.8) is 0 Å². The predicted octanol–water partition coefficient (Wildman–Crippen LogP) is 1.40. The third-order valence-corrected chi connectivity index (χ3v) is 2.04. The lowest BCUT2D eigenvalue weighted by molar-refractivity contribution is -0.144. The average Bonchev–Trinajstić information content (AvgIpc) is 2.62. The summed E-state index contributed by atoms with van der Waals surface area (Å²) >= 11 is 0. The highest BCUT2D eigenvalue weighted by Gasteiger charge is 2.38. The molecule has 1 rings (SSSR count). The largest absolute Gasteiger partial charge is 0.434 e. The Labute approximate surface area is 95.8 Å². The molecule has 1 heterocycles. The van der Waals surface area contributed by atoms with Crippen LogP contribution in [-0.4, -0.2) is 28.7 Å². The second kappa shape index (κ2) is 5.63. The van der Waals surface area contributed by atoms with Crippen molar-refractivity contribution < 1.29 is 17.9 Å². The second-order valence-corrected chi connectivity index (χ2v) is 3.29. The Morgan fingerprint density at radius 2 is 2.18 bits per heavy atom. The lowest BCUT2D eigenvalue weighted by Crippen LogP contribution is -2.17.